The molecule has 2 aliphatic heterocycles. The quantitative estimate of drug-likeness (QED) is 0.715. The zero-order valence-corrected chi connectivity index (χ0v) is 18.0. The number of carbonyl (C=O) groups is 2. The van der Waals surface area contributed by atoms with Gasteiger partial charge in [-0.1, -0.05) is 23.7 Å². The summed E-state index contributed by atoms with van der Waals surface area (Å²) >= 11 is 6.33. The van der Waals surface area contributed by atoms with E-state index in [9.17, 15) is 9.59 Å². The van der Waals surface area contributed by atoms with Crippen LogP contribution in [0.5, 0.6) is 11.5 Å². The van der Waals surface area contributed by atoms with E-state index in [1.54, 1.807) is 12.1 Å². The van der Waals surface area contributed by atoms with Crippen LogP contribution in [0.15, 0.2) is 36.4 Å². The number of anilines is 1. The van der Waals surface area contributed by atoms with E-state index in [1.165, 1.54) is 0 Å². The number of fused-ring (bicyclic) bond motifs is 1. The molecule has 1 saturated heterocycles. The fraction of sp³-hybridized carbons (Fsp3) is 0.391. The summed E-state index contributed by atoms with van der Waals surface area (Å²) in [5.74, 6) is 0.672. The number of hydrogen-bond acceptors (Lipinski definition) is 5. The van der Waals surface area contributed by atoms with E-state index in [2.05, 4.69) is 10.2 Å². The van der Waals surface area contributed by atoms with Crippen LogP contribution in [-0.2, 0) is 22.6 Å². The first-order valence-corrected chi connectivity index (χ1v) is 10.9. The summed E-state index contributed by atoms with van der Waals surface area (Å²) in [6.45, 7) is 2.57. The molecule has 1 atom stereocenters. The fourth-order valence-corrected chi connectivity index (χ4v) is 4.38. The maximum absolute atomic E-state index is 12.6. The Morgan fingerprint density at radius 3 is 2.81 bits per heavy atom. The van der Waals surface area contributed by atoms with Gasteiger partial charge >= 0.3 is 0 Å². The van der Waals surface area contributed by atoms with E-state index < -0.39 is 0 Å². The number of hydrogen-bond donors (Lipinski definition) is 2. The van der Waals surface area contributed by atoms with E-state index in [4.69, 9.17) is 26.8 Å². The first-order chi connectivity index (χ1) is 15.0. The van der Waals surface area contributed by atoms with Crippen molar-refractivity contribution in [3.05, 3.63) is 52.5 Å². The summed E-state index contributed by atoms with van der Waals surface area (Å²) in [5, 5.41) is 3.38. The number of nitrogens with zero attached hydrogens (tertiary/aromatic N) is 1. The van der Waals surface area contributed by atoms with Crippen molar-refractivity contribution in [3.8, 4) is 11.5 Å². The highest BCUT2D eigenvalue weighted by Gasteiger charge is 2.28. The van der Waals surface area contributed by atoms with Crippen molar-refractivity contribution in [2.24, 2.45) is 5.73 Å². The van der Waals surface area contributed by atoms with Crippen molar-refractivity contribution in [2.75, 3.05) is 25.1 Å². The summed E-state index contributed by atoms with van der Waals surface area (Å²) in [4.78, 5) is 26.3. The fourth-order valence-electron chi connectivity index (χ4n) is 4.10. The van der Waals surface area contributed by atoms with E-state index in [-0.39, 0.29) is 24.3 Å². The Hall–Kier alpha value is -2.77. The summed E-state index contributed by atoms with van der Waals surface area (Å²) in [6, 6.07) is 11.0. The normalized spacial score (nSPS) is 18.4. The van der Waals surface area contributed by atoms with Crippen molar-refractivity contribution in [2.45, 2.75) is 38.3 Å². The van der Waals surface area contributed by atoms with Crippen LogP contribution in [0.1, 0.15) is 30.4 Å². The Balaban J connectivity index is 1.40. The average Bonchev–Trinajstić information content (AvgIpc) is 3.04. The molecule has 2 amide bonds. The second-order valence-corrected chi connectivity index (χ2v) is 8.32. The monoisotopic (exact) mass is 443 g/mol. The molecule has 2 aliphatic rings. The van der Waals surface area contributed by atoms with E-state index in [0.29, 0.717) is 42.0 Å². The molecule has 2 heterocycles. The molecule has 8 heteroatoms. The number of ether oxygens (including phenoxy) is 2. The number of carbonyl (C=O) groups excluding carboxylic acids is 2. The van der Waals surface area contributed by atoms with Gasteiger partial charge in [0.05, 0.1) is 30.7 Å². The molecule has 0 bridgehead atoms. The first-order valence-electron chi connectivity index (χ1n) is 10.5. The molecule has 1 fully saturated rings. The standard InChI is InChI=1S/C23H26ClN3O4/c24-18-11-16(12-20-22(18)31-9-3-8-30-20)13-21(28)26-17-5-1-4-15(10-17)14-27-7-2-6-19(27)23(25)29/h1,4-5,10-12,19H,2-3,6-9,13-14H2,(H2,25,29)(H,26,28). The Bertz CT molecular complexity index is 981. The van der Waals surface area contributed by atoms with Gasteiger partial charge in [0, 0.05) is 18.7 Å². The van der Waals surface area contributed by atoms with E-state index in [1.807, 2.05) is 24.3 Å². The van der Waals surface area contributed by atoms with Crippen LogP contribution >= 0.6 is 11.6 Å². The van der Waals surface area contributed by atoms with E-state index in [0.717, 1.165) is 36.9 Å². The molecule has 3 N–H and O–H groups in total. The van der Waals surface area contributed by atoms with Crippen LogP contribution in [0.3, 0.4) is 0 Å². The largest absolute Gasteiger partial charge is 0.489 e. The van der Waals surface area contributed by atoms with Crippen molar-refractivity contribution in [1.82, 2.24) is 4.90 Å². The van der Waals surface area contributed by atoms with Crippen LogP contribution in [-0.4, -0.2) is 42.5 Å². The third-order valence-corrected chi connectivity index (χ3v) is 5.80. The smallest absolute Gasteiger partial charge is 0.234 e. The molecule has 2 aromatic rings. The highest BCUT2D eigenvalue weighted by Crippen LogP contribution is 2.38. The van der Waals surface area contributed by atoms with Gasteiger partial charge < -0.3 is 20.5 Å². The number of primary amides is 1. The molecule has 0 aliphatic carbocycles. The number of nitrogens with two attached hydrogens (primary N) is 1. The number of amides is 2. The molecule has 0 spiro atoms. The van der Waals surface area contributed by atoms with Crippen LogP contribution in [0, 0.1) is 0 Å². The van der Waals surface area contributed by atoms with Gasteiger partial charge in [-0.15, -0.1) is 0 Å². The number of likely N-dealkylation sites (tertiary alicyclic amines) is 1. The molecule has 1 unspecified atom stereocenters. The molecule has 0 saturated carbocycles. The summed E-state index contributed by atoms with van der Waals surface area (Å²) in [6.07, 6.45) is 2.71. The number of rotatable bonds is 6. The zero-order chi connectivity index (χ0) is 21.8. The molecule has 2 aromatic carbocycles. The van der Waals surface area contributed by atoms with Crippen LogP contribution in [0.25, 0.3) is 0 Å². The molecular formula is C23H26ClN3O4. The molecule has 7 nitrogen and oxygen atoms in total. The van der Waals surface area contributed by atoms with Crippen molar-refractivity contribution in [1.29, 1.82) is 0 Å². The Kier molecular flexibility index (Phi) is 6.63. The van der Waals surface area contributed by atoms with Crippen molar-refractivity contribution < 1.29 is 19.1 Å². The summed E-state index contributed by atoms with van der Waals surface area (Å²) in [5.41, 5.74) is 7.99. The lowest BCUT2D eigenvalue weighted by atomic mass is 10.1. The van der Waals surface area contributed by atoms with Crippen LogP contribution < -0.4 is 20.5 Å². The topological polar surface area (TPSA) is 93.9 Å². The van der Waals surface area contributed by atoms with Gasteiger partial charge in [-0.05, 0) is 54.8 Å². The molecule has 31 heavy (non-hydrogen) atoms. The lowest BCUT2D eigenvalue weighted by Gasteiger charge is -2.22. The number of halogens is 1. The summed E-state index contributed by atoms with van der Waals surface area (Å²) in [7, 11) is 0. The number of nitrogens with one attached hydrogen (secondary N) is 1. The lowest BCUT2D eigenvalue weighted by Crippen LogP contribution is -2.39. The van der Waals surface area contributed by atoms with Gasteiger partial charge in [-0.2, -0.15) is 0 Å². The van der Waals surface area contributed by atoms with Gasteiger partial charge in [0.25, 0.3) is 0 Å². The molecule has 0 aromatic heterocycles. The molecule has 164 valence electrons. The van der Waals surface area contributed by atoms with Gasteiger partial charge in [0.1, 0.15) is 0 Å². The molecule has 0 radical (unpaired) electrons. The van der Waals surface area contributed by atoms with E-state index >= 15 is 0 Å². The highest BCUT2D eigenvalue weighted by atomic mass is 35.5. The lowest BCUT2D eigenvalue weighted by molar-refractivity contribution is -0.122. The molecule has 4 rings (SSSR count). The minimum Gasteiger partial charge on any atom is -0.489 e. The van der Waals surface area contributed by atoms with Crippen LogP contribution in [0.4, 0.5) is 5.69 Å². The number of benzene rings is 2. The average molecular weight is 444 g/mol. The SMILES string of the molecule is NC(=O)C1CCCN1Cc1cccc(NC(=O)Cc2cc(Cl)c3c(c2)OCCCO3)c1. The first kappa shape index (κ1) is 21.5. The third kappa shape index (κ3) is 5.29. The van der Waals surface area contributed by atoms with Crippen molar-refractivity contribution >= 4 is 29.1 Å². The predicted octanol–water partition coefficient (Wildman–Crippen LogP) is 3.13. The Labute approximate surface area is 186 Å². The van der Waals surface area contributed by atoms with Gasteiger partial charge in [0.2, 0.25) is 11.8 Å². The van der Waals surface area contributed by atoms with Gasteiger partial charge in [-0.3, -0.25) is 14.5 Å². The van der Waals surface area contributed by atoms with Gasteiger partial charge in [-0.25, -0.2) is 0 Å². The van der Waals surface area contributed by atoms with Crippen LogP contribution in [0.2, 0.25) is 5.02 Å². The minimum atomic E-state index is -0.282. The second kappa shape index (κ2) is 9.58. The Morgan fingerprint density at radius 1 is 1.13 bits per heavy atom. The Morgan fingerprint density at radius 2 is 1.97 bits per heavy atom. The molecular weight excluding hydrogens is 418 g/mol. The maximum atomic E-state index is 12.6. The third-order valence-electron chi connectivity index (χ3n) is 5.52. The van der Waals surface area contributed by atoms with Crippen molar-refractivity contribution in [3.63, 3.8) is 0 Å². The second-order valence-electron chi connectivity index (χ2n) is 7.91. The minimum absolute atomic E-state index is 0.154. The zero-order valence-electron chi connectivity index (χ0n) is 17.2. The van der Waals surface area contributed by atoms with Gasteiger partial charge in [0.15, 0.2) is 11.5 Å². The highest BCUT2D eigenvalue weighted by molar-refractivity contribution is 6.32. The predicted molar refractivity (Wildman–Crippen MR) is 118 cm³/mol. The summed E-state index contributed by atoms with van der Waals surface area (Å²) < 4.78 is 11.3. The maximum Gasteiger partial charge on any atom is 0.234 e.